The number of carbonyl (C=O) groups excluding carboxylic acids is 2. The van der Waals surface area contributed by atoms with E-state index in [4.69, 9.17) is 49.8 Å². The summed E-state index contributed by atoms with van der Waals surface area (Å²) in [4.78, 5) is 61.9. The van der Waals surface area contributed by atoms with Gasteiger partial charge in [-0.15, -0.1) is 0 Å². The molecule has 4 aromatic rings. The van der Waals surface area contributed by atoms with Crippen molar-refractivity contribution in [2.75, 3.05) is 44.5 Å². The molecular formula is C30H39F2N11O11P2S2. The summed E-state index contributed by atoms with van der Waals surface area (Å²) in [5.41, 5.74) is 5.70. The Balaban J connectivity index is 1.04. The highest BCUT2D eigenvalue weighted by molar-refractivity contribution is 8.44. The molecule has 7 rings (SSSR count). The van der Waals surface area contributed by atoms with Crippen LogP contribution in [0, 0.1) is 5.92 Å². The van der Waals surface area contributed by atoms with Crippen LogP contribution in [0.15, 0.2) is 25.3 Å². The Kier molecular flexibility index (Phi) is 12.0. The lowest BCUT2D eigenvalue weighted by atomic mass is 10.1. The average Bonchev–Trinajstić information content (AvgIpc) is 3.91. The smallest absolute Gasteiger partial charge is 0.412 e. The minimum absolute atomic E-state index is 0.00190. The fourth-order valence-corrected chi connectivity index (χ4v) is 9.61. The summed E-state index contributed by atoms with van der Waals surface area (Å²) in [5.74, 6) is -0.902. The van der Waals surface area contributed by atoms with Crippen LogP contribution in [0.25, 0.3) is 22.3 Å². The number of amides is 2. The van der Waals surface area contributed by atoms with Crippen molar-refractivity contribution in [3.05, 3.63) is 25.3 Å². The minimum Gasteiger partial charge on any atom is -0.447 e. The monoisotopic (exact) mass is 893 g/mol. The third-order valence-corrected chi connectivity index (χ3v) is 12.5. The first-order valence-corrected chi connectivity index (χ1v) is 22.8. The van der Waals surface area contributed by atoms with Crippen LogP contribution in [-0.4, -0.2) is 131 Å². The maximum atomic E-state index is 16.5. The van der Waals surface area contributed by atoms with Gasteiger partial charge in [-0.1, -0.05) is 12.2 Å². The van der Waals surface area contributed by atoms with Gasteiger partial charge in [-0.3, -0.25) is 14.4 Å². The van der Waals surface area contributed by atoms with Gasteiger partial charge in [0, 0.05) is 13.0 Å². The number of likely N-dealkylation sites (N-methyl/N-ethyl adjacent to an activating group) is 1. The highest BCUT2D eigenvalue weighted by Gasteiger charge is 2.53. The number of nitrogens with two attached hydrogens (primary N) is 1. The van der Waals surface area contributed by atoms with E-state index in [0.717, 1.165) is 12.7 Å². The zero-order valence-corrected chi connectivity index (χ0v) is 34.6. The van der Waals surface area contributed by atoms with Gasteiger partial charge in [0.05, 0.1) is 38.5 Å². The van der Waals surface area contributed by atoms with E-state index in [1.54, 1.807) is 20.8 Å². The Morgan fingerprint density at radius 3 is 2.47 bits per heavy atom. The molecule has 3 aliphatic rings. The van der Waals surface area contributed by atoms with Crippen molar-refractivity contribution in [1.82, 2.24) is 43.9 Å². The van der Waals surface area contributed by atoms with Gasteiger partial charge >= 0.3 is 25.7 Å². The number of alkyl halides is 2. The second-order valence-corrected chi connectivity index (χ2v) is 20.1. The van der Waals surface area contributed by atoms with Gasteiger partial charge in [0.1, 0.15) is 54.9 Å². The number of imidazole rings is 2. The number of carbonyl (C=O) groups is 2. The summed E-state index contributed by atoms with van der Waals surface area (Å²) >= 11 is 9.35. The van der Waals surface area contributed by atoms with Crippen LogP contribution in [-0.2, 0) is 48.7 Å². The van der Waals surface area contributed by atoms with E-state index in [9.17, 15) is 19.0 Å². The summed E-state index contributed by atoms with van der Waals surface area (Å²) in [6, 6.07) is -0.968. The van der Waals surface area contributed by atoms with Gasteiger partial charge in [0.2, 0.25) is 0 Å². The Morgan fingerprint density at radius 1 is 1.03 bits per heavy atom. The standard InChI is InChI=1S/C30H39F2N11O11P2S2/c1-30(2,3)52-29(45)41(4)5-6-48-28(44)40-24-20-26(37-11-35-24)43(13-39-20)27-18(32)22-16(51-27)9-50-56(47,58)53-21-14(8-49-55(46,57)54-22)7-15(17(21)31)42-12-38-19-23(33)34-10-36-25(19)42/h10-18,21-22,27H,5-9H2,1-4H3,(H,46,57)(H,47,58)(H2,33,34,36)(H,35,37,40,44)/t14?,15-,16-,17+,18-,21-,22-,27-,55?,56?/m1/s1. The predicted octanol–water partition coefficient (Wildman–Crippen LogP) is 3.87. The molecular weight excluding hydrogens is 854 g/mol. The maximum absolute atomic E-state index is 16.5. The minimum atomic E-state index is -4.41. The van der Waals surface area contributed by atoms with Crippen molar-refractivity contribution in [2.45, 2.75) is 75.7 Å². The first kappa shape index (κ1) is 42.4. The largest absolute Gasteiger partial charge is 0.447 e. The Morgan fingerprint density at radius 2 is 1.72 bits per heavy atom. The van der Waals surface area contributed by atoms with Gasteiger partial charge in [0.15, 0.2) is 40.8 Å². The molecule has 22 nitrogen and oxygen atoms in total. The van der Waals surface area contributed by atoms with E-state index < -0.39 is 93.4 Å². The first-order valence-electron chi connectivity index (χ1n) is 17.5. The molecule has 6 heterocycles. The highest BCUT2D eigenvalue weighted by Crippen LogP contribution is 2.59. The molecule has 1 aliphatic carbocycles. The van der Waals surface area contributed by atoms with Crippen molar-refractivity contribution in [3.8, 4) is 0 Å². The number of hydrogen-bond donors (Lipinski definition) is 4. The number of anilines is 2. The fourth-order valence-electron chi connectivity index (χ4n) is 6.61. The number of ether oxygens (including phenoxy) is 3. The van der Waals surface area contributed by atoms with Gasteiger partial charge < -0.3 is 47.9 Å². The van der Waals surface area contributed by atoms with Crippen LogP contribution >= 0.6 is 25.8 Å². The third-order valence-electron chi connectivity index (χ3n) is 9.28. The quantitative estimate of drug-likeness (QED) is 0.158. The molecule has 0 spiro atoms. The molecule has 4 aromatic heterocycles. The van der Waals surface area contributed by atoms with Crippen LogP contribution in [0.5, 0.6) is 0 Å². The van der Waals surface area contributed by atoms with Crippen molar-refractivity contribution in [2.24, 2.45) is 5.92 Å². The summed E-state index contributed by atoms with van der Waals surface area (Å²) < 4.78 is 87.9. The van der Waals surface area contributed by atoms with Gasteiger partial charge in [-0.2, -0.15) is 0 Å². The fraction of sp³-hybridized carbons (Fsp3) is 0.600. The van der Waals surface area contributed by atoms with Gasteiger partial charge in [0.25, 0.3) is 0 Å². The summed E-state index contributed by atoms with van der Waals surface area (Å²) in [6.07, 6.45) is -6.78. The number of halogens is 2. The summed E-state index contributed by atoms with van der Waals surface area (Å²) in [6.45, 7) is -4.82. The number of hydrogen-bond acceptors (Lipinski definition) is 18. The lowest BCUT2D eigenvalue weighted by molar-refractivity contribution is -0.0472. The van der Waals surface area contributed by atoms with E-state index >= 15 is 8.78 Å². The topological polar surface area (TPSA) is 265 Å². The molecule has 4 N–H and O–H groups in total. The van der Waals surface area contributed by atoms with E-state index in [0.29, 0.717) is 0 Å². The van der Waals surface area contributed by atoms with Crippen molar-refractivity contribution in [3.63, 3.8) is 0 Å². The average molecular weight is 894 g/mol. The molecule has 0 radical (unpaired) electrons. The SMILES string of the molecule is CN(CCOC(=O)Nc1ncnc2c1ncn2[C@@H]1O[C@@H]2COP(O)(=S)O[C@@H]3C(COP(=O)(S)O[C@H]2[C@H]1F)C[C@@H](n1cnc2c(N)ncnc21)[C@@H]3F)C(=O)OC(C)(C)C. The molecule has 10 atom stereocenters. The molecule has 3 fully saturated rings. The van der Waals surface area contributed by atoms with Crippen LogP contribution < -0.4 is 11.1 Å². The number of nitrogens with zero attached hydrogens (tertiary/aromatic N) is 9. The van der Waals surface area contributed by atoms with Crippen molar-refractivity contribution < 1.29 is 60.1 Å². The number of rotatable bonds is 6. The Hall–Kier alpha value is -3.71. The number of aromatic nitrogens is 8. The normalized spacial score (nSPS) is 31.9. The van der Waals surface area contributed by atoms with E-state index in [1.807, 2.05) is 0 Å². The second kappa shape index (κ2) is 16.4. The van der Waals surface area contributed by atoms with E-state index in [2.05, 4.69) is 47.5 Å². The predicted molar refractivity (Wildman–Crippen MR) is 204 cm³/mol. The van der Waals surface area contributed by atoms with Crippen LogP contribution in [0.4, 0.5) is 30.0 Å². The molecule has 1 saturated carbocycles. The molecule has 0 bridgehead atoms. The number of nitrogen functional groups attached to an aromatic ring is 1. The van der Waals surface area contributed by atoms with Gasteiger partial charge in [-0.25, -0.2) is 52.8 Å². The Bertz CT molecular complexity index is 2290. The van der Waals surface area contributed by atoms with Crippen LogP contribution in [0.3, 0.4) is 0 Å². The summed E-state index contributed by atoms with van der Waals surface area (Å²) in [5, 5.41) is 2.44. The molecule has 2 amide bonds. The molecule has 28 heteroatoms. The van der Waals surface area contributed by atoms with Crippen molar-refractivity contribution >= 4 is 83.7 Å². The zero-order chi connectivity index (χ0) is 41.7. The zero-order valence-electron chi connectivity index (χ0n) is 31.1. The molecule has 316 valence electrons. The van der Waals surface area contributed by atoms with E-state index in [-0.39, 0.29) is 53.5 Å². The molecule has 3 unspecified atom stereocenters. The molecule has 2 aliphatic heterocycles. The molecule has 58 heavy (non-hydrogen) atoms. The number of fused-ring (bicyclic) bond motifs is 4. The number of thiol groups is 1. The lowest BCUT2D eigenvalue weighted by Gasteiger charge is -2.30. The molecule has 2 saturated heterocycles. The van der Waals surface area contributed by atoms with Crippen LogP contribution in [0.2, 0.25) is 0 Å². The van der Waals surface area contributed by atoms with Gasteiger partial charge in [-0.05, 0) is 39.0 Å². The molecule has 0 aromatic carbocycles. The lowest BCUT2D eigenvalue weighted by Crippen LogP contribution is -2.36. The number of nitrogens with one attached hydrogen (secondary N) is 1. The van der Waals surface area contributed by atoms with E-state index in [1.165, 1.54) is 33.7 Å². The summed E-state index contributed by atoms with van der Waals surface area (Å²) in [7, 11) is 1.48. The second-order valence-electron chi connectivity index (χ2n) is 14.5. The first-order chi connectivity index (χ1) is 27.3. The maximum Gasteiger partial charge on any atom is 0.412 e. The third kappa shape index (κ3) is 9.05. The Labute approximate surface area is 338 Å². The van der Waals surface area contributed by atoms with Crippen molar-refractivity contribution in [1.29, 1.82) is 0 Å². The highest BCUT2D eigenvalue weighted by atomic mass is 32.7. The van der Waals surface area contributed by atoms with Crippen LogP contribution in [0.1, 0.15) is 39.5 Å².